The molecule has 0 unspecified atom stereocenters. The number of rotatable bonds is 3. The minimum Gasteiger partial charge on any atom is -0.466 e. The number of hydrogen-bond donors (Lipinski definition) is 0. The van der Waals surface area contributed by atoms with Gasteiger partial charge in [-0.2, -0.15) is 0 Å². The van der Waals surface area contributed by atoms with Crippen molar-refractivity contribution in [2.75, 3.05) is 6.61 Å². The molecule has 0 atom stereocenters. The molecule has 18 heavy (non-hydrogen) atoms. The number of benzene rings is 1. The van der Waals surface area contributed by atoms with Crippen molar-refractivity contribution in [1.82, 2.24) is 0 Å². The van der Waals surface area contributed by atoms with Gasteiger partial charge in [-0.25, -0.2) is 0 Å². The molecule has 0 spiro atoms. The Labute approximate surface area is 107 Å². The third-order valence-corrected chi connectivity index (χ3v) is 2.45. The molecule has 2 rings (SSSR count). The van der Waals surface area contributed by atoms with E-state index in [1.54, 1.807) is 0 Å². The van der Waals surface area contributed by atoms with E-state index in [-0.39, 0.29) is 5.97 Å². The highest BCUT2D eigenvalue weighted by Gasteiger charge is 2.05. The van der Waals surface area contributed by atoms with Crippen LogP contribution in [0, 0.1) is 0 Å². The maximum absolute atomic E-state index is 10.5. The van der Waals surface area contributed by atoms with Gasteiger partial charge < -0.3 is 9.47 Å². The quantitative estimate of drug-likeness (QED) is 0.611. The zero-order valence-electron chi connectivity index (χ0n) is 10.3. The largest absolute Gasteiger partial charge is 0.466 e. The summed E-state index contributed by atoms with van der Waals surface area (Å²) >= 11 is 0. The summed E-state index contributed by atoms with van der Waals surface area (Å²) in [5.41, 5.74) is 1.01. The predicted molar refractivity (Wildman–Crippen MR) is 66.7 cm³/mol. The predicted octanol–water partition coefficient (Wildman–Crippen LogP) is 2.46. The van der Waals surface area contributed by atoms with Crippen LogP contribution in [-0.4, -0.2) is 19.0 Å². The molecular weight excluding hydrogens is 232 g/mol. The molecule has 1 aromatic rings. The fourth-order valence-corrected chi connectivity index (χ4v) is 1.51. The van der Waals surface area contributed by atoms with Crippen molar-refractivity contribution in [3.05, 3.63) is 35.9 Å². The lowest BCUT2D eigenvalue weighted by Gasteiger charge is -1.95. The molecule has 4 nitrogen and oxygen atoms in total. The first-order chi connectivity index (χ1) is 8.83. The summed E-state index contributed by atoms with van der Waals surface area (Å²) in [5.74, 6) is -0.0255. The van der Waals surface area contributed by atoms with Crippen LogP contribution in [0.15, 0.2) is 30.3 Å². The van der Waals surface area contributed by atoms with Crippen molar-refractivity contribution in [3.63, 3.8) is 0 Å². The number of carbonyl (C=O) groups is 2. The summed E-state index contributed by atoms with van der Waals surface area (Å²) in [4.78, 5) is 20.2. The monoisotopic (exact) mass is 250 g/mol. The highest BCUT2D eigenvalue weighted by Crippen LogP contribution is 2.06. The average Bonchev–Trinajstić information content (AvgIpc) is 2.66. The van der Waals surface area contributed by atoms with Gasteiger partial charge >= 0.3 is 5.97 Å². The van der Waals surface area contributed by atoms with E-state index in [1.165, 1.54) is 0 Å². The fourth-order valence-electron chi connectivity index (χ4n) is 1.51. The molecule has 0 aliphatic carbocycles. The molecule has 1 aliphatic heterocycles. The van der Waals surface area contributed by atoms with Crippen LogP contribution in [-0.2, 0) is 25.7 Å². The van der Waals surface area contributed by atoms with Crippen LogP contribution in [0.1, 0.15) is 31.2 Å². The molecule has 1 aliphatic rings. The molecule has 0 aromatic heterocycles. The number of esters is 1. The molecule has 0 amide bonds. The average molecular weight is 250 g/mol. The minimum atomic E-state index is -0.0255. The molecule has 1 fully saturated rings. The van der Waals surface area contributed by atoms with E-state index in [2.05, 4.69) is 4.74 Å². The van der Waals surface area contributed by atoms with E-state index in [4.69, 9.17) is 4.74 Å². The molecule has 0 radical (unpaired) electrons. The molecule has 1 saturated heterocycles. The molecule has 1 aromatic carbocycles. The van der Waals surface area contributed by atoms with Gasteiger partial charge in [-0.3, -0.25) is 9.59 Å². The fraction of sp³-hybridized carbons (Fsp3) is 0.429. The van der Waals surface area contributed by atoms with E-state index < -0.39 is 0 Å². The topological polar surface area (TPSA) is 52.6 Å². The Hall–Kier alpha value is -1.84. The first kappa shape index (κ1) is 14.2. The summed E-state index contributed by atoms with van der Waals surface area (Å²) < 4.78 is 9.30. The Morgan fingerprint density at radius 3 is 2.67 bits per heavy atom. The molecule has 0 saturated carbocycles. The first-order valence-electron chi connectivity index (χ1n) is 6.07. The van der Waals surface area contributed by atoms with Crippen molar-refractivity contribution >= 4 is 12.4 Å². The third-order valence-electron chi connectivity index (χ3n) is 2.45. The maximum atomic E-state index is 10.5. The van der Waals surface area contributed by atoms with E-state index >= 15 is 0 Å². The van der Waals surface area contributed by atoms with Gasteiger partial charge in [0.15, 0.2) is 0 Å². The van der Waals surface area contributed by atoms with Gasteiger partial charge in [-0.15, -0.1) is 0 Å². The van der Waals surface area contributed by atoms with Crippen LogP contribution < -0.4 is 0 Å². The molecule has 98 valence electrons. The van der Waals surface area contributed by atoms with Crippen molar-refractivity contribution in [1.29, 1.82) is 0 Å². The van der Waals surface area contributed by atoms with Crippen LogP contribution in [0.2, 0.25) is 0 Å². The highest BCUT2D eigenvalue weighted by atomic mass is 16.5. The second-order valence-electron chi connectivity index (χ2n) is 3.92. The van der Waals surface area contributed by atoms with Gasteiger partial charge in [0.2, 0.25) is 0 Å². The zero-order chi connectivity index (χ0) is 13.1. The van der Waals surface area contributed by atoms with Gasteiger partial charge in [-0.05, 0) is 24.8 Å². The minimum absolute atomic E-state index is 0.0255. The van der Waals surface area contributed by atoms with Gasteiger partial charge in [-0.1, -0.05) is 30.3 Å². The number of carbonyl (C=O) groups excluding carboxylic acids is 2. The zero-order valence-corrected chi connectivity index (χ0v) is 10.3. The Morgan fingerprint density at radius 1 is 1.17 bits per heavy atom. The lowest BCUT2D eigenvalue weighted by molar-refractivity contribution is -0.142. The van der Waals surface area contributed by atoms with Crippen LogP contribution in [0.5, 0.6) is 0 Å². The Bertz CT molecular complexity index is 338. The Morgan fingerprint density at radius 2 is 1.94 bits per heavy atom. The third kappa shape index (κ3) is 6.68. The van der Waals surface area contributed by atoms with Crippen LogP contribution in [0.3, 0.4) is 0 Å². The normalized spacial score (nSPS) is 14.6. The van der Waals surface area contributed by atoms with Gasteiger partial charge in [0.1, 0.15) is 6.61 Å². The SMILES string of the molecule is O=C1CCCCCO1.O=COCc1ccccc1. The standard InChI is InChI=1S/C8H8O2.C6H10O2/c9-7-10-6-8-4-2-1-3-5-8;7-6-4-2-1-3-5-8-6/h1-5,7H,6H2;1-5H2. The van der Waals surface area contributed by atoms with E-state index in [0.717, 1.165) is 24.8 Å². The van der Waals surface area contributed by atoms with Gasteiger partial charge in [0.25, 0.3) is 6.47 Å². The van der Waals surface area contributed by atoms with E-state index in [9.17, 15) is 9.59 Å². The van der Waals surface area contributed by atoms with Crippen LogP contribution in [0.4, 0.5) is 0 Å². The maximum Gasteiger partial charge on any atom is 0.305 e. The summed E-state index contributed by atoms with van der Waals surface area (Å²) in [5, 5.41) is 0. The Kier molecular flexibility index (Phi) is 7.28. The molecule has 0 bridgehead atoms. The molecule has 1 heterocycles. The summed E-state index contributed by atoms with van der Waals surface area (Å²) in [6, 6.07) is 9.55. The number of hydrogen-bond acceptors (Lipinski definition) is 4. The van der Waals surface area contributed by atoms with Crippen molar-refractivity contribution in [2.45, 2.75) is 32.3 Å². The van der Waals surface area contributed by atoms with Crippen molar-refractivity contribution < 1.29 is 19.1 Å². The smallest absolute Gasteiger partial charge is 0.305 e. The Balaban J connectivity index is 0.000000184. The summed E-state index contributed by atoms with van der Waals surface area (Å²) in [7, 11) is 0. The van der Waals surface area contributed by atoms with Gasteiger partial charge in [0.05, 0.1) is 6.61 Å². The summed E-state index contributed by atoms with van der Waals surface area (Å²) in [6.45, 7) is 1.45. The molecular formula is C14H18O4. The van der Waals surface area contributed by atoms with E-state index in [1.807, 2.05) is 30.3 Å². The second kappa shape index (κ2) is 9.22. The van der Waals surface area contributed by atoms with Crippen LogP contribution >= 0.6 is 0 Å². The van der Waals surface area contributed by atoms with Gasteiger partial charge in [0, 0.05) is 6.42 Å². The first-order valence-corrected chi connectivity index (χ1v) is 6.07. The number of ether oxygens (including phenoxy) is 2. The number of cyclic esters (lactones) is 1. The lowest BCUT2D eigenvalue weighted by atomic mass is 10.2. The van der Waals surface area contributed by atoms with Crippen molar-refractivity contribution in [2.24, 2.45) is 0 Å². The molecule has 0 N–H and O–H groups in total. The molecule has 4 heteroatoms. The highest BCUT2D eigenvalue weighted by molar-refractivity contribution is 5.69. The summed E-state index contributed by atoms with van der Waals surface area (Å²) in [6.07, 6.45) is 3.83. The lowest BCUT2D eigenvalue weighted by Crippen LogP contribution is -2.00. The van der Waals surface area contributed by atoms with Crippen LogP contribution in [0.25, 0.3) is 0 Å². The second-order valence-corrected chi connectivity index (χ2v) is 3.92. The van der Waals surface area contributed by atoms with E-state index in [0.29, 0.717) is 26.1 Å². The van der Waals surface area contributed by atoms with Crippen molar-refractivity contribution in [3.8, 4) is 0 Å².